The molecule has 1 saturated carbocycles. The Morgan fingerprint density at radius 2 is 1.30 bits per heavy atom. The lowest BCUT2D eigenvalue weighted by atomic mass is 9.88. The van der Waals surface area contributed by atoms with Crippen molar-refractivity contribution in [3.05, 3.63) is 102 Å². The molecule has 1 aliphatic rings. The maximum absolute atomic E-state index is 13.1. The maximum Gasteiger partial charge on any atom is 0.269 e. The van der Waals surface area contributed by atoms with Crippen LogP contribution in [0.1, 0.15) is 59.5 Å². The first kappa shape index (κ1) is 26.0. The summed E-state index contributed by atoms with van der Waals surface area (Å²) in [5.74, 6) is -1.22. The highest BCUT2D eigenvalue weighted by atomic mass is 32.1. The van der Waals surface area contributed by atoms with E-state index in [9.17, 15) is 14.4 Å². The number of rotatable bonds is 6. The Kier molecular flexibility index (Phi) is 8.99. The molecule has 0 bridgehead atoms. The second kappa shape index (κ2) is 12.8. The van der Waals surface area contributed by atoms with Crippen LogP contribution >= 0.6 is 12.2 Å². The zero-order valence-electron chi connectivity index (χ0n) is 20.4. The second-order valence-corrected chi connectivity index (χ2v) is 9.46. The van der Waals surface area contributed by atoms with Gasteiger partial charge in [0.2, 0.25) is 11.8 Å². The normalized spacial score (nSPS) is 13.4. The van der Waals surface area contributed by atoms with Crippen LogP contribution in [0.25, 0.3) is 0 Å². The van der Waals surface area contributed by atoms with Crippen LogP contribution in [0.3, 0.4) is 0 Å². The molecule has 8 heteroatoms. The molecule has 4 rings (SSSR count). The number of thiocarbonyl (C=S) groups is 1. The fourth-order valence-corrected chi connectivity index (χ4v) is 4.65. The topological polar surface area (TPSA) is 99.3 Å². The fraction of sp³-hybridized carbons (Fsp3) is 0.241. The molecule has 0 atom stereocenters. The summed E-state index contributed by atoms with van der Waals surface area (Å²) in [5.41, 5.74) is 7.77. The van der Waals surface area contributed by atoms with Crippen molar-refractivity contribution in [2.75, 3.05) is 5.32 Å². The van der Waals surface area contributed by atoms with E-state index in [0.717, 1.165) is 36.8 Å². The van der Waals surface area contributed by atoms with E-state index in [0.29, 0.717) is 11.3 Å². The van der Waals surface area contributed by atoms with Gasteiger partial charge in [0.05, 0.1) is 5.92 Å². The third kappa shape index (κ3) is 7.24. The lowest BCUT2D eigenvalue weighted by Gasteiger charge is -2.20. The van der Waals surface area contributed by atoms with Crippen LogP contribution in [0, 0.1) is 5.92 Å². The highest BCUT2D eigenvalue weighted by Gasteiger charge is 2.24. The van der Waals surface area contributed by atoms with Crippen molar-refractivity contribution in [1.29, 1.82) is 0 Å². The van der Waals surface area contributed by atoms with E-state index < -0.39 is 11.8 Å². The first-order chi connectivity index (χ1) is 18.0. The summed E-state index contributed by atoms with van der Waals surface area (Å²) in [5, 5.41) is 5.58. The van der Waals surface area contributed by atoms with Gasteiger partial charge in [0, 0.05) is 17.2 Å². The molecule has 0 radical (unpaired) electrons. The monoisotopic (exact) mass is 514 g/mol. The number of anilines is 1. The van der Waals surface area contributed by atoms with Crippen LogP contribution in [-0.2, 0) is 9.59 Å². The van der Waals surface area contributed by atoms with Gasteiger partial charge in [0.25, 0.3) is 5.91 Å². The van der Waals surface area contributed by atoms with E-state index >= 15 is 0 Å². The van der Waals surface area contributed by atoms with E-state index in [1.807, 2.05) is 60.7 Å². The minimum atomic E-state index is -0.561. The predicted octanol–water partition coefficient (Wildman–Crippen LogP) is 4.67. The van der Waals surface area contributed by atoms with Crippen molar-refractivity contribution in [2.24, 2.45) is 5.92 Å². The van der Waals surface area contributed by atoms with E-state index in [1.54, 1.807) is 24.3 Å². The molecule has 0 heterocycles. The van der Waals surface area contributed by atoms with Gasteiger partial charge < -0.3 is 10.6 Å². The largest absolute Gasteiger partial charge is 0.326 e. The van der Waals surface area contributed by atoms with Crippen LogP contribution in [0.5, 0.6) is 0 Å². The van der Waals surface area contributed by atoms with Crippen LogP contribution in [0.4, 0.5) is 5.69 Å². The molecule has 1 fully saturated rings. The SMILES string of the molecule is O=C(NNC(=S)NC(=O)C(c1ccccc1)c1ccccc1)c1ccc(NC(=O)C2CCCCC2)cc1. The third-order valence-electron chi connectivity index (χ3n) is 6.44. The predicted molar refractivity (Wildman–Crippen MR) is 148 cm³/mol. The minimum Gasteiger partial charge on any atom is -0.326 e. The van der Waals surface area contributed by atoms with Crippen molar-refractivity contribution >= 4 is 40.7 Å². The molecule has 7 nitrogen and oxygen atoms in total. The lowest BCUT2D eigenvalue weighted by molar-refractivity contribution is -0.121. The van der Waals surface area contributed by atoms with Crippen molar-refractivity contribution in [3.8, 4) is 0 Å². The molecule has 3 aromatic carbocycles. The number of amides is 3. The van der Waals surface area contributed by atoms with E-state index in [-0.39, 0.29) is 22.8 Å². The first-order valence-corrected chi connectivity index (χ1v) is 12.8. The first-order valence-electron chi connectivity index (χ1n) is 12.4. The van der Waals surface area contributed by atoms with Crippen LogP contribution in [-0.4, -0.2) is 22.8 Å². The molecule has 0 aliphatic heterocycles. The molecule has 0 aromatic heterocycles. The molecule has 0 spiro atoms. The number of carbonyl (C=O) groups is 3. The Labute approximate surface area is 222 Å². The maximum atomic E-state index is 13.1. The number of hydrogen-bond acceptors (Lipinski definition) is 4. The summed E-state index contributed by atoms with van der Waals surface area (Å²) in [4.78, 5) is 38.1. The molecule has 3 aromatic rings. The molecule has 0 unspecified atom stereocenters. The number of hydrazine groups is 1. The van der Waals surface area contributed by atoms with Gasteiger partial charge in [0.15, 0.2) is 5.11 Å². The summed E-state index contributed by atoms with van der Waals surface area (Å²) >= 11 is 5.24. The van der Waals surface area contributed by atoms with Crippen molar-refractivity contribution in [3.63, 3.8) is 0 Å². The van der Waals surface area contributed by atoms with Gasteiger partial charge in [-0.15, -0.1) is 0 Å². The third-order valence-corrected chi connectivity index (χ3v) is 6.65. The molecule has 4 N–H and O–H groups in total. The summed E-state index contributed by atoms with van der Waals surface area (Å²) < 4.78 is 0. The number of benzene rings is 3. The molecule has 1 aliphatic carbocycles. The zero-order chi connectivity index (χ0) is 26.0. The summed E-state index contributed by atoms with van der Waals surface area (Å²) in [7, 11) is 0. The molecular weight excluding hydrogens is 484 g/mol. The van der Waals surface area contributed by atoms with Crippen molar-refractivity contribution in [1.82, 2.24) is 16.2 Å². The average molecular weight is 515 g/mol. The average Bonchev–Trinajstić information content (AvgIpc) is 2.94. The molecule has 37 heavy (non-hydrogen) atoms. The molecule has 3 amide bonds. The van der Waals surface area contributed by atoms with Crippen LogP contribution in [0.2, 0.25) is 0 Å². The zero-order valence-corrected chi connectivity index (χ0v) is 21.2. The molecule has 190 valence electrons. The number of carbonyl (C=O) groups excluding carboxylic acids is 3. The second-order valence-electron chi connectivity index (χ2n) is 9.05. The van der Waals surface area contributed by atoms with Crippen LogP contribution < -0.4 is 21.5 Å². The molecular formula is C29H30N4O3S. The van der Waals surface area contributed by atoms with Gasteiger partial charge in [-0.2, -0.15) is 0 Å². The van der Waals surface area contributed by atoms with Crippen LogP contribution in [0.15, 0.2) is 84.9 Å². The summed E-state index contributed by atoms with van der Waals surface area (Å²) in [6, 6.07) is 25.5. The Hall–Kier alpha value is -4.04. The van der Waals surface area contributed by atoms with E-state index in [2.05, 4.69) is 21.5 Å². The lowest BCUT2D eigenvalue weighted by Crippen LogP contribution is -2.49. The Balaban J connectivity index is 1.30. The Morgan fingerprint density at radius 3 is 1.86 bits per heavy atom. The highest BCUT2D eigenvalue weighted by molar-refractivity contribution is 7.80. The van der Waals surface area contributed by atoms with Gasteiger partial charge in [-0.1, -0.05) is 79.9 Å². The number of nitrogens with one attached hydrogen (secondary N) is 4. The van der Waals surface area contributed by atoms with Gasteiger partial charge in [-0.25, -0.2) is 0 Å². The smallest absolute Gasteiger partial charge is 0.269 e. The Morgan fingerprint density at radius 1 is 0.730 bits per heavy atom. The van der Waals surface area contributed by atoms with Gasteiger partial charge in [-0.3, -0.25) is 25.2 Å². The van der Waals surface area contributed by atoms with Gasteiger partial charge in [0.1, 0.15) is 0 Å². The van der Waals surface area contributed by atoms with Gasteiger partial charge >= 0.3 is 0 Å². The summed E-state index contributed by atoms with van der Waals surface area (Å²) in [6.07, 6.45) is 5.21. The quantitative estimate of drug-likeness (QED) is 0.283. The number of hydrogen-bond donors (Lipinski definition) is 4. The standard InChI is InChI=1S/C29H30N4O3S/c34-26(22-14-8-3-9-15-22)30-24-18-16-23(17-19-24)27(35)32-33-29(37)31-28(36)25(20-10-4-1-5-11-20)21-12-6-2-7-13-21/h1-2,4-7,10-13,16-19,22,25H,3,8-9,14-15H2,(H,30,34)(H,32,35)(H2,31,33,36,37). The molecule has 0 saturated heterocycles. The Bertz CT molecular complexity index is 1190. The highest BCUT2D eigenvalue weighted by Crippen LogP contribution is 2.26. The van der Waals surface area contributed by atoms with Crippen molar-refractivity contribution < 1.29 is 14.4 Å². The van der Waals surface area contributed by atoms with Gasteiger partial charge in [-0.05, 0) is 60.5 Å². The van der Waals surface area contributed by atoms with E-state index in [4.69, 9.17) is 12.2 Å². The fourth-order valence-electron chi connectivity index (χ4n) is 4.50. The summed E-state index contributed by atoms with van der Waals surface area (Å²) in [6.45, 7) is 0. The minimum absolute atomic E-state index is 0.0217. The van der Waals surface area contributed by atoms with E-state index in [1.165, 1.54) is 6.42 Å². The van der Waals surface area contributed by atoms with Crippen molar-refractivity contribution in [2.45, 2.75) is 38.0 Å².